The summed E-state index contributed by atoms with van der Waals surface area (Å²) in [6.45, 7) is 1.49. The number of thioether (sulfide) groups is 1. The summed E-state index contributed by atoms with van der Waals surface area (Å²) in [5.74, 6) is 0.176. The molecule has 5 heteroatoms. The fourth-order valence-electron chi connectivity index (χ4n) is 1.83. The Hall–Kier alpha value is -2.14. The van der Waals surface area contributed by atoms with Gasteiger partial charge < -0.3 is 5.32 Å². The molecular formula is C17H16FNO2S. The van der Waals surface area contributed by atoms with Gasteiger partial charge in [0.25, 0.3) is 0 Å². The average Bonchev–Trinajstić information content (AvgIpc) is 2.49. The van der Waals surface area contributed by atoms with Crippen LogP contribution in [0.2, 0.25) is 0 Å². The van der Waals surface area contributed by atoms with Crippen LogP contribution in [0.1, 0.15) is 23.7 Å². The van der Waals surface area contributed by atoms with Crippen LogP contribution in [0.25, 0.3) is 0 Å². The molecule has 1 amide bonds. The van der Waals surface area contributed by atoms with Gasteiger partial charge in [-0.25, -0.2) is 4.39 Å². The number of rotatable bonds is 6. The first-order valence-electron chi connectivity index (χ1n) is 6.84. The highest BCUT2D eigenvalue weighted by Gasteiger charge is 2.05. The van der Waals surface area contributed by atoms with Gasteiger partial charge in [-0.2, -0.15) is 0 Å². The molecule has 0 aromatic heterocycles. The first-order valence-corrected chi connectivity index (χ1v) is 7.82. The normalized spacial score (nSPS) is 10.3. The van der Waals surface area contributed by atoms with Crippen LogP contribution in [0.5, 0.6) is 0 Å². The summed E-state index contributed by atoms with van der Waals surface area (Å²) in [7, 11) is 0. The zero-order valence-electron chi connectivity index (χ0n) is 12.1. The minimum atomic E-state index is -0.271. The number of nitrogens with one attached hydrogen (secondary N) is 1. The molecule has 114 valence electrons. The van der Waals surface area contributed by atoms with Crippen LogP contribution < -0.4 is 5.32 Å². The first kappa shape index (κ1) is 16.2. The standard InChI is InChI=1S/C17H16FNO2S/c1-12(20)13-3-2-4-15(11-13)19-17(21)9-10-22-16-7-5-14(18)6-8-16/h2-8,11H,9-10H2,1H3,(H,19,21). The molecule has 22 heavy (non-hydrogen) atoms. The van der Waals surface area contributed by atoms with Crippen molar-refractivity contribution < 1.29 is 14.0 Å². The van der Waals surface area contributed by atoms with Crippen LogP contribution in [-0.2, 0) is 4.79 Å². The van der Waals surface area contributed by atoms with Crippen LogP contribution in [0.3, 0.4) is 0 Å². The molecular weight excluding hydrogens is 301 g/mol. The Balaban J connectivity index is 1.81. The topological polar surface area (TPSA) is 46.2 Å². The van der Waals surface area contributed by atoms with Gasteiger partial charge in [0.2, 0.25) is 5.91 Å². The summed E-state index contributed by atoms with van der Waals surface area (Å²) in [6, 6.07) is 13.0. The van der Waals surface area contributed by atoms with E-state index in [1.807, 2.05) is 0 Å². The highest BCUT2D eigenvalue weighted by molar-refractivity contribution is 7.99. The van der Waals surface area contributed by atoms with E-state index < -0.39 is 0 Å². The predicted molar refractivity (Wildman–Crippen MR) is 86.8 cm³/mol. The highest BCUT2D eigenvalue weighted by atomic mass is 32.2. The van der Waals surface area contributed by atoms with Crippen LogP contribution >= 0.6 is 11.8 Å². The number of ketones is 1. The highest BCUT2D eigenvalue weighted by Crippen LogP contribution is 2.19. The van der Waals surface area contributed by atoms with E-state index in [9.17, 15) is 14.0 Å². The van der Waals surface area contributed by atoms with Crippen molar-refractivity contribution in [2.45, 2.75) is 18.2 Å². The maximum atomic E-state index is 12.8. The predicted octanol–water partition coefficient (Wildman–Crippen LogP) is 4.15. The average molecular weight is 317 g/mol. The largest absolute Gasteiger partial charge is 0.326 e. The molecule has 2 aromatic rings. The van der Waals surface area contributed by atoms with Gasteiger partial charge in [0.1, 0.15) is 5.82 Å². The van der Waals surface area contributed by atoms with Crippen molar-refractivity contribution in [2.24, 2.45) is 0 Å². The van der Waals surface area contributed by atoms with Gasteiger partial charge in [-0.1, -0.05) is 12.1 Å². The Labute approximate surface area is 132 Å². The molecule has 0 spiro atoms. The van der Waals surface area contributed by atoms with E-state index in [0.717, 1.165) is 4.90 Å². The molecule has 0 heterocycles. The summed E-state index contributed by atoms with van der Waals surface area (Å²) in [5.41, 5.74) is 1.18. The van der Waals surface area contributed by atoms with Gasteiger partial charge in [-0.15, -0.1) is 11.8 Å². The van der Waals surface area contributed by atoms with E-state index in [0.29, 0.717) is 23.4 Å². The lowest BCUT2D eigenvalue weighted by atomic mass is 10.1. The Morgan fingerprint density at radius 2 is 1.86 bits per heavy atom. The molecule has 0 saturated carbocycles. The second-order valence-electron chi connectivity index (χ2n) is 4.74. The molecule has 0 saturated heterocycles. The molecule has 0 radical (unpaired) electrons. The summed E-state index contributed by atoms with van der Waals surface area (Å²) < 4.78 is 12.8. The zero-order valence-corrected chi connectivity index (χ0v) is 13.0. The number of anilines is 1. The monoisotopic (exact) mass is 317 g/mol. The first-order chi connectivity index (χ1) is 10.5. The van der Waals surface area contributed by atoms with E-state index in [1.165, 1.54) is 30.8 Å². The van der Waals surface area contributed by atoms with Gasteiger partial charge >= 0.3 is 0 Å². The Bertz CT molecular complexity index is 671. The fourth-order valence-corrected chi connectivity index (χ4v) is 2.68. The molecule has 0 atom stereocenters. The number of benzene rings is 2. The molecule has 1 N–H and O–H groups in total. The molecule has 0 aliphatic heterocycles. The van der Waals surface area contributed by atoms with Gasteiger partial charge in [-0.3, -0.25) is 9.59 Å². The Morgan fingerprint density at radius 1 is 1.14 bits per heavy atom. The van der Waals surface area contributed by atoms with Crippen molar-refractivity contribution in [2.75, 3.05) is 11.1 Å². The van der Waals surface area contributed by atoms with Crippen molar-refractivity contribution in [1.29, 1.82) is 0 Å². The molecule has 0 fully saturated rings. The third-order valence-electron chi connectivity index (χ3n) is 2.96. The molecule has 2 rings (SSSR count). The lowest BCUT2D eigenvalue weighted by Crippen LogP contribution is -2.12. The van der Waals surface area contributed by atoms with Gasteiger partial charge in [0.05, 0.1) is 0 Å². The number of halogens is 1. The second-order valence-corrected chi connectivity index (χ2v) is 5.91. The van der Waals surface area contributed by atoms with Crippen molar-refractivity contribution >= 4 is 29.1 Å². The lowest BCUT2D eigenvalue weighted by Gasteiger charge is -2.06. The number of carbonyl (C=O) groups is 2. The molecule has 2 aromatic carbocycles. The van der Waals surface area contributed by atoms with Crippen molar-refractivity contribution in [1.82, 2.24) is 0 Å². The number of hydrogen-bond acceptors (Lipinski definition) is 3. The van der Waals surface area contributed by atoms with Gasteiger partial charge in [-0.05, 0) is 43.3 Å². The maximum Gasteiger partial charge on any atom is 0.225 e. The summed E-state index contributed by atoms with van der Waals surface area (Å²) >= 11 is 1.49. The second kappa shape index (κ2) is 7.75. The maximum absolute atomic E-state index is 12.8. The smallest absolute Gasteiger partial charge is 0.225 e. The van der Waals surface area contributed by atoms with E-state index in [2.05, 4.69) is 5.32 Å². The number of Topliss-reactive ketones (excluding diaryl/α,β-unsaturated/α-hetero) is 1. The van der Waals surface area contributed by atoms with Gasteiger partial charge in [0, 0.05) is 28.3 Å². The van der Waals surface area contributed by atoms with Crippen LogP contribution in [0.4, 0.5) is 10.1 Å². The quantitative estimate of drug-likeness (QED) is 0.643. The summed E-state index contributed by atoms with van der Waals surface area (Å²) in [4.78, 5) is 24.1. The minimum Gasteiger partial charge on any atom is -0.326 e. The van der Waals surface area contributed by atoms with Crippen LogP contribution in [0.15, 0.2) is 53.4 Å². The summed E-state index contributed by atoms with van der Waals surface area (Å²) in [6.07, 6.45) is 0.340. The Morgan fingerprint density at radius 3 is 2.55 bits per heavy atom. The lowest BCUT2D eigenvalue weighted by molar-refractivity contribution is -0.115. The third kappa shape index (κ3) is 5.00. The number of hydrogen-bond donors (Lipinski definition) is 1. The molecule has 0 aliphatic carbocycles. The van der Waals surface area contributed by atoms with Crippen molar-refractivity contribution in [3.05, 3.63) is 59.9 Å². The third-order valence-corrected chi connectivity index (χ3v) is 3.98. The van der Waals surface area contributed by atoms with Crippen LogP contribution in [0, 0.1) is 5.82 Å². The molecule has 0 bridgehead atoms. The zero-order chi connectivity index (χ0) is 15.9. The molecule has 0 aliphatic rings. The van der Waals surface area contributed by atoms with Crippen LogP contribution in [-0.4, -0.2) is 17.4 Å². The van der Waals surface area contributed by atoms with Gasteiger partial charge in [0.15, 0.2) is 5.78 Å². The van der Waals surface area contributed by atoms with Crippen molar-refractivity contribution in [3.63, 3.8) is 0 Å². The van der Waals surface area contributed by atoms with E-state index in [1.54, 1.807) is 36.4 Å². The fraction of sp³-hybridized carbons (Fsp3) is 0.176. The number of carbonyl (C=O) groups excluding carboxylic acids is 2. The van der Waals surface area contributed by atoms with E-state index >= 15 is 0 Å². The SMILES string of the molecule is CC(=O)c1cccc(NC(=O)CCSc2ccc(F)cc2)c1. The number of amides is 1. The minimum absolute atomic E-state index is 0.0389. The van der Waals surface area contributed by atoms with E-state index in [4.69, 9.17) is 0 Å². The summed E-state index contributed by atoms with van der Waals surface area (Å²) in [5, 5.41) is 2.77. The van der Waals surface area contributed by atoms with Crippen molar-refractivity contribution in [3.8, 4) is 0 Å². The molecule has 3 nitrogen and oxygen atoms in total. The van der Waals surface area contributed by atoms with E-state index in [-0.39, 0.29) is 17.5 Å². The molecule has 0 unspecified atom stereocenters. The Kier molecular flexibility index (Phi) is 5.72.